The smallest absolute Gasteiger partial charge is 0.252 e. The number of nitriles is 1. The molecule has 0 unspecified atom stereocenters. The number of nitrogens with one attached hydrogen (secondary N) is 2. The molecule has 0 spiro atoms. The molecule has 0 saturated heterocycles. The second-order valence-electron chi connectivity index (χ2n) is 7.79. The van der Waals surface area contributed by atoms with Crippen molar-refractivity contribution in [3.8, 4) is 27.9 Å². The molecule has 4 rings (SSSR count). The van der Waals surface area contributed by atoms with Gasteiger partial charge in [0, 0.05) is 34.5 Å². The zero-order valence-corrected chi connectivity index (χ0v) is 18.3. The third-order valence-corrected chi connectivity index (χ3v) is 6.59. The number of amides is 2. The Bertz CT molecular complexity index is 1130. The summed E-state index contributed by atoms with van der Waals surface area (Å²) in [5, 5.41) is 17.3. The van der Waals surface area contributed by atoms with Gasteiger partial charge in [0.05, 0.1) is 11.8 Å². The highest BCUT2D eigenvalue weighted by molar-refractivity contribution is 7.13. The van der Waals surface area contributed by atoms with Crippen molar-refractivity contribution in [1.29, 1.82) is 5.26 Å². The van der Waals surface area contributed by atoms with Crippen molar-refractivity contribution in [2.75, 3.05) is 6.54 Å². The average Bonchev–Trinajstić information content (AvgIpc) is 3.34. The number of nitrogens with zero attached hydrogens (tertiary/aromatic N) is 3. The van der Waals surface area contributed by atoms with Gasteiger partial charge in [0.15, 0.2) is 0 Å². The van der Waals surface area contributed by atoms with Gasteiger partial charge in [-0.1, -0.05) is 31.4 Å². The predicted molar refractivity (Wildman–Crippen MR) is 123 cm³/mol. The van der Waals surface area contributed by atoms with E-state index in [0.717, 1.165) is 41.1 Å². The molecule has 7 nitrogen and oxygen atoms in total. The van der Waals surface area contributed by atoms with E-state index in [1.165, 1.54) is 0 Å². The zero-order chi connectivity index (χ0) is 22.4. The molecule has 2 heterocycles. The van der Waals surface area contributed by atoms with Crippen molar-refractivity contribution in [3.63, 3.8) is 0 Å². The third-order valence-electron chi connectivity index (χ3n) is 5.70. The lowest BCUT2D eigenvalue weighted by Crippen LogP contribution is -2.59. The summed E-state index contributed by atoms with van der Waals surface area (Å²) in [7, 11) is 0. The fraction of sp³-hybridized carbons (Fsp3) is 0.292. The largest absolute Gasteiger partial charge is 0.341 e. The lowest BCUT2D eigenvalue weighted by Gasteiger charge is -2.36. The Morgan fingerprint density at radius 1 is 1.03 bits per heavy atom. The molecule has 1 aliphatic carbocycles. The number of benzene rings is 1. The van der Waals surface area contributed by atoms with Gasteiger partial charge in [-0.05, 0) is 37.1 Å². The topological polar surface area (TPSA) is 108 Å². The second-order valence-corrected chi connectivity index (χ2v) is 8.65. The summed E-state index contributed by atoms with van der Waals surface area (Å²) < 4.78 is 0. The van der Waals surface area contributed by atoms with Gasteiger partial charge in [0.25, 0.3) is 5.91 Å². The minimum Gasteiger partial charge on any atom is -0.341 e. The maximum Gasteiger partial charge on any atom is 0.252 e. The Morgan fingerprint density at radius 3 is 2.44 bits per heavy atom. The van der Waals surface area contributed by atoms with Gasteiger partial charge in [-0.15, -0.1) is 11.3 Å². The van der Waals surface area contributed by atoms with Gasteiger partial charge in [-0.25, -0.2) is 4.98 Å². The van der Waals surface area contributed by atoms with Gasteiger partial charge in [-0.3, -0.25) is 14.6 Å². The van der Waals surface area contributed by atoms with Crippen LogP contribution in [0, 0.1) is 11.3 Å². The van der Waals surface area contributed by atoms with Crippen LogP contribution in [0.1, 0.15) is 42.5 Å². The lowest BCUT2D eigenvalue weighted by atomic mass is 9.80. The summed E-state index contributed by atoms with van der Waals surface area (Å²) in [5.74, 6) is -0.573. The van der Waals surface area contributed by atoms with Crippen molar-refractivity contribution in [1.82, 2.24) is 20.6 Å². The highest BCUT2D eigenvalue weighted by atomic mass is 32.1. The first-order chi connectivity index (χ1) is 15.6. The van der Waals surface area contributed by atoms with Crippen molar-refractivity contribution in [2.24, 2.45) is 0 Å². The van der Waals surface area contributed by atoms with E-state index in [9.17, 15) is 9.59 Å². The number of aromatic nitrogens is 2. The van der Waals surface area contributed by atoms with Gasteiger partial charge in [0.2, 0.25) is 5.91 Å². The van der Waals surface area contributed by atoms with Crippen LogP contribution in [-0.4, -0.2) is 33.9 Å². The molecular weight excluding hydrogens is 422 g/mol. The first-order valence-electron chi connectivity index (χ1n) is 10.6. The molecule has 162 valence electrons. The molecule has 1 saturated carbocycles. The molecule has 3 aromatic rings. The van der Waals surface area contributed by atoms with Crippen molar-refractivity contribution < 1.29 is 9.59 Å². The van der Waals surface area contributed by atoms with Crippen LogP contribution in [0.15, 0.2) is 54.2 Å². The quantitative estimate of drug-likeness (QED) is 0.559. The van der Waals surface area contributed by atoms with Crippen LogP contribution >= 0.6 is 11.3 Å². The van der Waals surface area contributed by atoms with E-state index in [2.05, 4.69) is 15.6 Å². The first-order valence-corrected chi connectivity index (χ1v) is 11.4. The summed E-state index contributed by atoms with van der Waals surface area (Å²) in [4.78, 5) is 34.4. The van der Waals surface area contributed by atoms with Crippen molar-refractivity contribution in [3.05, 3.63) is 59.7 Å². The Hall–Kier alpha value is -3.57. The number of carbonyl (C=O) groups is 2. The monoisotopic (exact) mass is 445 g/mol. The lowest BCUT2D eigenvalue weighted by molar-refractivity contribution is -0.128. The second kappa shape index (κ2) is 9.71. The summed E-state index contributed by atoms with van der Waals surface area (Å²) in [6.07, 6.45) is 7.39. The van der Waals surface area contributed by atoms with Crippen LogP contribution in [0.2, 0.25) is 0 Å². The van der Waals surface area contributed by atoms with Crippen LogP contribution in [0.5, 0.6) is 0 Å². The summed E-state index contributed by atoms with van der Waals surface area (Å²) >= 11 is 1.55. The number of hydrogen-bond acceptors (Lipinski definition) is 6. The van der Waals surface area contributed by atoms with Crippen LogP contribution in [0.4, 0.5) is 0 Å². The van der Waals surface area contributed by atoms with E-state index in [1.54, 1.807) is 35.9 Å². The molecule has 0 radical (unpaired) electrons. The van der Waals surface area contributed by atoms with Crippen LogP contribution in [-0.2, 0) is 4.79 Å². The Kier molecular flexibility index (Phi) is 6.57. The Labute approximate surface area is 190 Å². The molecule has 0 bridgehead atoms. The van der Waals surface area contributed by atoms with Gasteiger partial charge in [0.1, 0.15) is 17.1 Å². The summed E-state index contributed by atoms with van der Waals surface area (Å²) in [5.41, 5.74) is 2.29. The first kappa shape index (κ1) is 21.7. The third kappa shape index (κ3) is 4.68. The van der Waals surface area contributed by atoms with Crippen LogP contribution in [0.25, 0.3) is 21.8 Å². The van der Waals surface area contributed by atoms with E-state index in [4.69, 9.17) is 10.2 Å². The molecule has 2 amide bonds. The molecule has 0 atom stereocenters. The minimum atomic E-state index is -0.959. The van der Waals surface area contributed by atoms with Crippen molar-refractivity contribution >= 4 is 23.2 Å². The number of thiazole rings is 1. The minimum absolute atomic E-state index is 0.0692. The van der Waals surface area contributed by atoms with Gasteiger partial charge < -0.3 is 10.6 Å². The fourth-order valence-electron chi connectivity index (χ4n) is 3.97. The molecule has 1 aliphatic rings. The molecule has 2 aromatic heterocycles. The van der Waals surface area contributed by atoms with Gasteiger partial charge >= 0.3 is 0 Å². The van der Waals surface area contributed by atoms with Crippen LogP contribution < -0.4 is 10.6 Å². The number of hydrogen-bond donors (Lipinski definition) is 2. The van der Waals surface area contributed by atoms with E-state index in [0.29, 0.717) is 18.4 Å². The SMILES string of the molecule is N#CCNC(=O)C1(NC(=O)c2ccc(-c3csc(-c4ccncc4)n3)cc2)CCCCC1. The standard InChI is InChI=1S/C24H23N5O2S/c25-12-15-27-23(31)24(10-2-1-3-11-24)29-21(30)18-6-4-17(5-7-18)20-16-32-22(28-20)19-8-13-26-14-9-19/h4-9,13-14,16H,1-3,10-11,15H2,(H,27,31)(H,29,30). The maximum absolute atomic E-state index is 13.0. The fourth-order valence-corrected chi connectivity index (χ4v) is 4.80. The van der Waals surface area contributed by atoms with E-state index >= 15 is 0 Å². The molecule has 8 heteroatoms. The van der Waals surface area contributed by atoms with Crippen LogP contribution in [0.3, 0.4) is 0 Å². The molecule has 1 fully saturated rings. The maximum atomic E-state index is 13.0. The number of rotatable bonds is 6. The number of carbonyl (C=O) groups excluding carboxylic acids is 2. The summed E-state index contributed by atoms with van der Waals surface area (Å²) in [6.45, 7) is -0.0692. The molecule has 1 aromatic carbocycles. The van der Waals surface area contributed by atoms with E-state index in [-0.39, 0.29) is 18.4 Å². The highest BCUT2D eigenvalue weighted by Gasteiger charge is 2.40. The van der Waals surface area contributed by atoms with E-state index < -0.39 is 5.54 Å². The Morgan fingerprint density at radius 2 is 1.75 bits per heavy atom. The molecule has 32 heavy (non-hydrogen) atoms. The highest BCUT2D eigenvalue weighted by Crippen LogP contribution is 2.30. The molecular formula is C24H23N5O2S. The van der Waals surface area contributed by atoms with E-state index in [1.807, 2.05) is 35.7 Å². The molecule has 2 N–H and O–H groups in total. The number of pyridine rings is 1. The predicted octanol–water partition coefficient (Wildman–Crippen LogP) is 3.94. The molecule has 0 aliphatic heterocycles. The van der Waals surface area contributed by atoms with Crippen molar-refractivity contribution in [2.45, 2.75) is 37.6 Å². The normalized spacial score (nSPS) is 14.8. The zero-order valence-electron chi connectivity index (χ0n) is 17.5. The summed E-state index contributed by atoms with van der Waals surface area (Å²) in [6, 6.07) is 13.0. The average molecular weight is 446 g/mol. The van der Waals surface area contributed by atoms with Gasteiger partial charge in [-0.2, -0.15) is 5.26 Å². The Balaban J connectivity index is 1.49.